The maximum Gasteiger partial charge on any atom is 0.407 e. The summed E-state index contributed by atoms with van der Waals surface area (Å²) in [6.45, 7) is 6.19. The number of amides is 1. The molecule has 0 rings (SSSR count). The number of nitrogens with two attached hydrogens (primary N) is 1. The molecule has 1 atom stereocenters. The van der Waals surface area contributed by atoms with Gasteiger partial charge in [-0.2, -0.15) is 0 Å². The Hall–Kier alpha value is -0.190. The molecule has 0 heterocycles. The molecule has 0 spiro atoms. The van der Waals surface area contributed by atoms with E-state index in [-0.39, 0.29) is 43.0 Å². The smallest absolute Gasteiger partial charge is 0.407 e. The van der Waals surface area contributed by atoms with Crippen molar-refractivity contribution in [1.82, 2.24) is 5.32 Å². The summed E-state index contributed by atoms with van der Waals surface area (Å²) in [5.74, 6) is 0. The molecular weight excluding hydrogens is 239 g/mol. The summed E-state index contributed by atoms with van der Waals surface area (Å²) in [7, 11) is 0. The van der Waals surface area contributed by atoms with Gasteiger partial charge in [-0.1, -0.05) is 6.92 Å². The van der Waals surface area contributed by atoms with Gasteiger partial charge in [0, 0.05) is 12.1 Å². The summed E-state index contributed by atoms with van der Waals surface area (Å²) in [6, 6.07) is 0.249. The third-order valence-electron chi connectivity index (χ3n) is 1.65. The highest BCUT2D eigenvalue weighted by molar-refractivity contribution is 5.85. The molecule has 6 heteroatoms. The summed E-state index contributed by atoms with van der Waals surface area (Å²) in [4.78, 5) is 10.9. The minimum atomic E-state index is -0.363. The molecule has 0 aliphatic rings. The van der Waals surface area contributed by atoms with Gasteiger partial charge < -0.3 is 15.8 Å². The maximum atomic E-state index is 10.9. The molecular formula is C9H22Cl2N2O2. The molecule has 0 aromatic carbocycles. The van der Waals surface area contributed by atoms with Crippen LogP contribution < -0.4 is 11.1 Å². The van der Waals surface area contributed by atoms with Gasteiger partial charge in [-0.3, -0.25) is 0 Å². The fourth-order valence-corrected chi connectivity index (χ4v) is 0.784. The van der Waals surface area contributed by atoms with E-state index in [1.165, 1.54) is 0 Å². The maximum absolute atomic E-state index is 10.9. The van der Waals surface area contributed by atoms with Crippen LogP contribution in [-0.4, -0.2) is 24.8 Å². The number of ether oxygens (including phenoxy) is 1. The summed E-state index contributed by atoms with van der Waals surface area (Å²) in [6.07, 6.45) is 1.27. The van der Waals surface area contributed by atoms with Crippen molar-refractivity contribution in [2.75, 3.05) is 6.61 Å². The Labute approximate surface area is 104 Å². The van der Waals surface area contributed by atoms with Crippen molar-refractivity contribution in [2.45, 2.75) is 45.7 Å². The van der Waals surface area contributed by atoms with Crippen LogP contribution >= 0.6 is 24.8 Å². The summed E-state index contributed by atoms with van der Waals surface area (Å²) < 4.78 is 4.90. The number of hydrogen-bond donors (Lipinski definition) is 2. The number of carbonyl (C=O) groups excluding carboxylic acids is 1. The number of nitrogens with one attached hydrogen (secondary N) is 1. The first kappa shape index (κ1) is 20.3. The number of hydrogen-bond acceptors (Lipinski definition) is 3. The van der Waals surface area contributed by atoms with Crippen molar-refractivity contribution in [2.24, 2.45) is 5.73 Å². The molecule has 0 saturated heterocycles. The molecule has 0 aromatic rings. The van der Waals surface area contributed by atoms with Crippen molar-refractivity contribution < 1.29 is 9.53 Å². The lowest BCUT2D eigenvalue weighted by molar-refractivity contribution is 0.140. The first-order valence-electron chi connectivity index (χ1n) is 4.75. The van der Waals surface area contributed by atoms with Crippen LogP contribution in [0.4, 0.5) is 4.79 Å². The van der Waals surface area contributed by atoms with E-state index in [1.807, 2.05) is 20.8 Å². The van der Waals surface area contributed by atoms with Gasteiger partial charge in [0.1, 0.15) is 0 Å². The van der Waals surface area contributed by atoms with Crippen LogP contribution in [0.25, 0.3) is 0 Å². The van der Waals surface area contributed by atoms with Gasteiger partial charge in [-0.15, -0.1) is 24.8 Å². The average molecular weight is 261 g/mol. The topological polar surface area (TPSA) is 64.3 Å². The fourth-order valence-electron chi connectivity index (χ4n) is 0.784. The van der Waals surface area contributed by atoms with Gasteiger partial charge in [0.15, 0.2) is 0 Å². The van der Waals surface area contributed by atoms with E-state index < -0.39 is 0 Å². The lowest BCUT2D eigenvalue weighted by Gasteiger charge is -2.11. The Bertz CT molecular complexity index is 157. The molecule has 0 radical (unpaired) electrons. The SMILES string of the molecule is CCC(N)CCOC(=O)NC(C)C.Cl.Cl. The van der Waals surface area contributed by atoms with Crippen LogP contribution in [0.2, 0.25) is 0 Å². The molecule has 3 N–H and O–H groups in total. The van der Waals surface area contributed by atoms with Crippen molar-refractivity contribution in [3.05, 3.63) is 0 Å². The minimum Gasteiger partial charge on any atom is -0.449 e. The van der Waals surface area contributed by atoms with E-state index >= 15 is 0 Å². The highest BCUT2D eigenvalue weighted by Crippen LogP contribution is 1.94. The normalized spacial score (nSPS) is 11.0. The van der Waals surface area contributed by atoms with Crippen molar-refractivity contribution in [3.8, 4) is 0 Å². The Morgan fingerprint density at radius 2 is 1.93 bits per heavy atom. The summed E-state index contributed by atoms with van der Waals surface area (Å²) in [5.41, 5.74) is 5.65. The van der Waals surface area contributed by atoms with Gasteiger partial charge in [0.2, 0.25) is 0 Å². The van der Waals surface area contributed by atoms with Crippen molar-refractivity contribution in [1.29, 1.82) is 0 Å². The zero-order valence-corrected chi connectivity index (χ0v) is 11.1. The van der Waals surface area contributed by atoms with Crippen LogP contribution in [0.5, 0.6) is 0 Å². The zero-order chi connectivity index (χ0) is 10.3. The number of halogens is 2. The van der Waals surface area contributed by atoms with E-state index in [0.29, 0.717) is 6.61 Å². The van der Waals surface area contributed by atoms with Gasteiger partial charge in [-0.05, 0) is 26.7 Å². The van der Waals surface area contributed by atoms with Gasteiger partial charge >= 0.3 is 6.09 Å². The van der Waals surface area contributed by atoms with Crippen molar-refractivity contribution >= 4 is 30.9 Å². The molecule has 1 unspecified atom stereocenters. The second-order valence-electron chi connectivity index (χ2n) is 3.39. The van der Waals surface area contributed by atoms with E-state index in [4.69, 9.17) is 10.5 Å². The summed E-state index contributed by atoms with van der Waals surface area (Å²) in [5, 5.41) is 2.63. The average Bonchev–Trinajstić information content (AvgIpc) is 2.02. The molecule has 15 heavy (non-hydrogen) atoms. The second kappa shape index (κ2) is 11.9. The predicted octanol–water partition coefficient (Wildman–Crippen LogP) is 2.09. The van der Waals surface area contributed by atoms with Gasteiger partial charge in [0.25, 0.3) is 0 Å². The van der Waals surface area contributed by atoms with Crippen LogP contribution in [0.3, 0.4) is 0 Å². The minimum absolute atomic E-state index is 0. The molecule has 0 fully saturated rings. The predicted molar refractivity (Wildman–Crippen MR) is 67.0 cm³/mol. The van der Waals surface area contributed by atoms with Crippen LogP contribution in [0.15, 0.2) is 0 Å². The molecule has 94 valence electrons. The Morgan fingerprint density at radius 3 is 2.33 bits per heavy atom. The van der Waals surface area contributed by atoms with Crippen molar-refractivity contribution in [3.63, 3.8) is 0 Å². The second-order valence-corrected chi connectivity index (χ2v) is 3.39. The highest BCUT2D eigenvalue weighted by Gasteiger charge is 2.04. The van der Waals surface area contributed by atoms with Crippen LogP contribution in [0.1, 0.15) is 33.6 Å². The molecule has 0 bridgehead atoms. The van der Waals surface area contributed by atoms with E-state index in [9.17, 15) is 4.79 Å². The monoisotopic (exact) mass is 260 g/mol. The molecule has 0 aliphatic heterocycles. The van der Waals surface area contributed by atoms with Gasteiger partial charge in [-0.25, -0.2) is 4.79 Å². The first-order valence-corrected chi connectivity index (χ1v) is 4.75. The van der Waals surface area contributed by atoms with Crippen LogP contribution in [-0.2, 0) is 4.74 Å². The molecule has 4 nitrogen and oxygen atoms in total. The fraction of sp³-hybridized carbons (Fsp3) is 0.889. The van der Waals surface area contributed by atoms with E-state index in [1.54, 1.807) is 0 Å². The Balaban J connectivity index is -0.000000720. The van der Waals surface area contributed by atoms with E-state index in [2.05, 4.69) is 5.32 Å². The molecule has 0 aromatic heterocycles. The number of carbonyl (C=O) groups is 1. The Kier molecular flexibility index (Phi) is 16.0. The third-order valence-corrected chi connectivity index (χ3v) is 1.65. The molecule has 0 saturated carbocycles. The van der Waals surface area contributed by atoms with Gasteiger partial charge in [0.05, 0.1) is 6.61 Å². The van der Waals surface area contributed by atoms with Crippen LogP contribution in [0, 0.1) is 0 Å². The zero-order valence-electron chi connectivity index (χ0n) is 9.49. The lowest BCUT2D eigenvalue weighted by atomic mass is 10.2. The largest absolute Gasteiger partial charge is 0.449 e. The Morgan fingerprint density at radius 1 is 1.40 bits per heavy atom. The third kappa shape index (κ3) is 13.8. The molecule has 0 aliphatic carbocycles. The number of alkyl carbamates (subject to hydrolysis) is 1. The first-order chi connectivity index (χ1) is 6.06. The highest BCUT2D eigenvalue weighted by atomic mass is 35.5. The van der Waals surface area contributed by atoms with E-state index in [0.717, 1.165) is 12.8 Å². The standard InChI is InChI=1S/C9H20N2O2.2ClH/c1-4-8(10)5-6-13-9(12)11-7(2)3;;/h7-8H,4-6,10H2,1-3H3,(H,11,12);2*1H. The number of rotatable bonds is 5. The quantitative estimate of drug-likeness (QED) is 0.796. The lowest BCUT2D eigenvalue weighted by Crippen LogP contribution is -2.32. The molecule has 1 amide bonds. The summed E-state index contributed by atoms with van der Waals surface area (Å²) >= 11 is 0.